The first-order valence-electron chi connectivity index (χ1n) is 12.5. The van der Waals surface area contributed by atoms with Crippen LogP contribution in [0.1, 0.15) is 41.6 Å². The van der Waals surface area contributed by atoms with Crippen LogP contribution in [0.3, 0.4) is 0 Å². The molecular weight excluding hydrogens is 521 g/mol. The Morgan fingerprint density at radius 1 is 1.00 bits per heavy atom. The number of amides is 1. The van der Waals surface area contributed by atoms with Crippen LogP contribution in [-0.2, 0) is 6.42 Å². The minimum atomic E-state index is -0.466. The van der Waals surface area contributed by atoms with E-state index in [0.29, 0.717) is 34.2 Å². The van der Waals surface area contributed by atoms with E-state index < -0.39 is 5.91 Å². The fourth-order valence-corrected chi connectivity index (χ4v) is 5.22. The number of aromatic nitrogens is 2. The van der Waals surface area contributed by atoms with Gasteiger partial charge in [0.1, 0.15) is 11.6 Å². The first-order valence-corrected chi connectivity index (χ1v) is 12.9. The number of hydrogen-bond acceptors (Lipinski definition) is 6. The van der Waals surface area contributed by atoms with E-state index in [4.69, 9.17) is 32.0 Å². The molecule has 1 amide bonds. The Morgan fingerprint density at radius 3 is 2.45 bits per heavy atom. The van der Waals surface area contributed by atoms with Gasteiger partial charge in [0.05, 0.1) is 18.2 Å². The number of carbonyl (C=O) groups excluding carboxylic acids is 1. The maximum absolute atomic E-state index is 11.8. The van der Waals surface area contributed by atoms with Gasteiger partial charge in [-0.25, -0.2) is 4.98 Å². The molecule has 7 nitrogen and oxygen atoms in total. The van der Waals surface area contributed by atoms with Gasteiger partial charge >= 0.3 is 0 Å². The summed E-state index contributed by atoms with van der Waals surface area (Å²) in [6.45, 7) is 0. The molecule has 5 rings (SSSR count). The van der Waals surface area contributed by atoms with Gasteiger partial charge in [-0.2, -0.15) is 4.98 Å². The lowest BCUT2D eigenvalue weighted by molar-refractivity contribution is 0.0997. The maximum atomic E-state index is 11.8. The van der Waals surface area contributed by atoms with Gasteiger partial charge in [0.15, 0.2) is 0 Å². The van der Waals surface area contributed by atoms with E-state index in [1.165, 1.54) is 0 Å². The summed E-state index contributed by atoms with van der Waals surface area (Å²) in [4.78, 5) is 21.4. The molecule has 1 aromatic heterocycles. The molecular formula is C29H31Cl2N5O2. The number of fused-ring (bicyclic) bond motifs is 1. The second-order valence-corrected chi connectivity index (χ2v) is 9.91. The van der Waals surface area contributed by atoms with Crippen LogP contribution >= 0.6 is 24.0 Å². The fourth-order valence-electron chi connectivity index (χ4n) is 5.09. The van der Waals surface area contributed by atoms with Crippen molar-refractivity contribution in [3.05, 3.63) is 82.9 Å². The normalized spacial score (nSPS) is 16.9. The Hall–Kier alpha value is -3.55. The second kappa shape index (κ2) is 12.3. The molecule has 1 aliphatic rings. The average Bonchev–Trinajstić information content (AvgIpc) is 2.91. The highest BCUT2D eigenvalue weighted by Gasteiger charge is 2.24. The lowest BCUT2D eigenvalue weighted by Gasteiger charge is -2.29. The number of benzene rings is 3. The zero-order valence-electron chi connectivity index (χ0n) is 21.1. The van der Waals surface area contributed by atoms with Gasteiger partial charge in [-0.1, -0.05) is 35.9 Å². The molecule has 198 valence electrons. The summed E-state index contributed by atoms with van der Waals surface area (Å²) in [6, 6.07) is 21.5. The van der Waals surface area contributed by atoms with Crippen LogP contribution in [0.2, 0.25) is 5.02 Å². The van der Waals surface area contributed by atoms with Crippen LogP contribution in [0.5, 0.6) is 5.75 Å². The SMILES string of the molecule is COc1c(CC2CCC(Nc3nc(Nc4ccc(Cl)cc4)c4ccccc4n3)CC2)cccc1C(N)=O.Cl. The van der Waals surface area contributed by atoms with E-state index in [2.05, 4.69) is 10.6 Å². The zero-order chi connectivity index (χ0) is 25.8. The first-order chi connectivity index (χ1) is 18.0. The van der Waals surface area contributed by atoms with Gasteiger partial charge < -0.3 is 21.1 Å². The predicted octanol–water partition coefficient (Wildman–Crippen LogP) is 6.77. The number of nitrogens with one attached hydrogen (secondary N) is 2. The second-order valence-electron chi connectivity index (χ2n) is 9.47. The molecule has 0 spiro atoms. The number of nitrogens with two attached hydrogens (primary N) is 1. The van der Waals surface area contributed by atoms with Crippen molar-refractivity contribution in [3.63, 3.8) is 0 Å². The number of methoxy groups -OCH3 is 1. The molecule has 0 unspecified atom stereocenters. The monoisotopic (exact) mass is 551 g/mol. The summed E-state index contributed by atoms with van der Waals surface area (Å²) in [5.41, 5.74) is 8.79. The standard InChI is InChI=1S/C29H30ClN5O2.ClH/c1-37-26-19(5-4-7-24(26)27(31)36)17-18-9-13-22(14-10-18)33-29-34-25-8-3-2-6-23(25)28(35-29)32-21-15-11-20(30)12-16-21;/h2-8,11-12,15-16,18,22H,9-10,13-14,17H2,1H3,(H2,31,36)(H2,32,33,34,35);1H. The number of hydrogen-bond donors (Lipinski definition) is 3. The van der Waals surface area contributed by atoms with E-state index in [1.54, 1.807) is 13.2 Å². The number of nitrogens with zero attached hydrogens (tertiary/aromatic N) is 2. The van der Waals surface area contributed by atoms with Crippen LogP contribution < -0.4 is 21.1 Å². The fraction of sp³-hybridized carbons (Fsp3) is 0.276. The number of rotatable bonds is 8. The van der Waals surface area contributed by atoms with Crippen molar-refractivity contribution in [2.75, 3.05) is 17.7 Å². The summed E-state index contributed by atoms with van der Waals surface area (Å²) in [5, 5.41) is 8.63. The third-order valence-corrected chi connectivity index (χ3v) is 7.22. The number of anilines is 3. The van der Waals surface area contributed by atoms with Gasteiger partial charge in [-0.15, -0.1) is 12.4 Å². The molecule has 4 aromatic rings. The zero-order valence-corrected chi connectivity index (χ0v) is 22.7. The van der Waals surface area contributed by atoms with Crippen LogP contribution in [0.15, 0.2) is 66.7 Å². The van der Waals surface area contributed by atoms with Crippen molar-refractivity contribution in [2.45, 2.75) is 38.1 Å². The smallest absolute Gasteiger partial charge is 0.252 e. The Morgan fingerprint density at radius 2 is 1.74 bits per heavy atom. The van der Waals surface area contributed by atoms with Crippen molar-refractivity contribution in [1.29, 1.82) is 0 Å². The van der Waals surface area contributed by atoms with Crippen molar-refractivity contribution >= 4 is 58.3 Å². The molecule has 9 heteroatoms. The number of ether oxygens (including phenoxy) is 1. The molecule has 0 aliphatic heterocycles. The molecule has 1 aliphatic carbocycles. The summed E-state index contributed by atoms with van der Waals surface area (Å²) >= 11 is 6.05. The average molecular weight is 553 g/mol. The molecule has 0 atom stereocenters. The Balaban J connectivity index is 0.00000336. The van der Waals surface area contributed by atoms with Crippen LogP contribution in [0.25, 0.3) is 10.9 Å². The number of halogens is 2. The van der Waals surface area contributed by atoms with Gasteiger partial charge in [0.25, 0.3) is 5.91 Å². The number of carbonyl (C=O) groups is 1. The van der Waals surface area contributed by atoms with Crippen LogP contribution in [-0.4, -0.2) is 29.0 Å². The van der Waals surface area contributed by atoms with Crippen molar-refractivity contribution in [1.82, 2.24) is 9.97 Å². The highest BCUT2D eigenvalue weighted by atomic mass is 35.5. The molecule has 4 N–H and O–H groups in total. The maximum Gasteiger partial charge on any atom is 0.252 e. The predicted molar refractivity (Wildman–Crippen MR) is 156 cm³/mol. The molecule has 0 bridgehead atoms. The van der Waals surface area contributed by atoms with E-state index in [-0.39, 0.29) is 12.4 Å². The summed E-state index contributed by atoms with van der Waals surface area (Å²) in [7, 11) is 1.59. The third kappa shape index (κ3) is 6.29. The third-order valence-electron chi connectivity index (χ3n) is 6.96. The molecule has 0 radical (unpaired) electrons. The van der Waals surface area contributed by atoms with Crippen LogP contribution in [0.4, 0.5) is 17.5 Å². The van der Waals surface area contributed by atoms with Gasteiger partial charge in [-0.3, -0.25) is 4.79 Å². The summed E-state index contributed by atoms with van der Waals surface area (Å²) in [6.07, 6.45) is 5.01. The molecule has 1 fully saturated rings. The van der Waals surface area contributed by atoms with E-state index in [1.807, 2.05) is 60.7 Å². The minimum Gasteiger partial charge on any atom is -0.496 e. The highest BCUT2D eigenvalue weighted by Crippen LogP contribution is 2.33. The molecule has 38 heavy (non-hydrogen) atoms. The van der Waals surface area contributed by atoms with Crippen molar-refractivity contribution in [2.24, 2.45) is 11.7 Å². The Labute approximate surface area is 233 Å². The lowest BCUT2D eigenvalue weighted by Crippen LogP contribution is -2.28. The molecule has 1 saturated carbocycles. The Bertz CT molecular complexity index is 1410. The topological polar surface area (TPSA) is 102 Å². The van der Waals surface area contributed by atoms with Gasteiger partial charge in [0, 0.05) is 22.1 Å². The van der Waals surface area contributed by atoms with Gasteiger partial charge in [0.2, 0.25) is 5.95 Å². The molecule has 1 heterocycles. The van der Waals surface area contributed by atoms with E-state index in [9.17, 15) is 4.79 Å². The number of primary amides is 1. The van der Waals surface area contributed by atoms with E-state index in [0.717, 1.165) is 60.1 Å². The molecule has 3 aromatic carbocycles. The van der Waals surface area contributed by atoms with Crippen molar-refractivity contribution < 1.29 is 9.53 Å². The van der Waals surface area contributed by atoms with E-state index >= 15 is 0 Å². The Kier molecular flexibility index (Phi) is 8.92. The first kappa shape index (κ1) is 27.5. The largest absolute Gasteiger partial charge is 0.496 e. The quantitative estimate of drug-likeness (QED) is 0.223. The highest BCUT2D eigenvalue weighted by molar-refractivity contribution is 6.30. The van der Waals surface area contributed by atoms with Gasteiger partial charge in [-0.05, 0) is 86.1 Å². The summed E-state index contributed by atoms with van der Waals surface area (Å²) in [5.74, 6) is 2.02. The minimum absolute atomic E-state index is 0. The summed E-state index contributed by atoms with van der Waals surface area (Å²) < 4.78 is 5.53. The van der Waals surface area contributed by atoms with Crippen LogP contribution in [0, 0.1) is 5.92 Å². The number of para-hydroxylation sites is 2. The van der Waals surface area contributed by atoms with Crippen molar-refractivity contribution in [3.8, 4) is 5.75 Å². The molecule has 0 saturated heterocycles. The lowest BCUT2D eigenvalue weighted by atomic mass is 9.82.